The Hall–Kier alpha value is -1.93. The van der Waals surface area contributed by atoms with Crippen LogP contribution in [0.25, 0.3) is 0 Å². The number of carbonyl (C=O) groups excluding carboxylic acids is 3. The number of amides is 2. The van der Waals surface area contributed by atoms with Crippen molar-refractivity contribution < 1.29 is 24.2 Å². The molecule has 1 atom stereocenters. The van der Waals surface area contributed by atoms with E-state index in [1.165, 1.54) is 11.3 Å². The Morgan fingerprint density at radius 3 is 2.65 bits per heavy atom. The van der Waals surface area contributed by atoms with Gasteiger partial charge in [-0.2, -0.15) is 0 Å². The molecule has 2 rings (SSSR count). The molecule has 0 saturated heterocycles. The van der Waals surface area contributed by atoms with Crippen molar-refractivity contribution in [3.05, 3.63) is 16.5 Å². The van der Waals surface area contributed by atoms with Crippen LogP contribution < -0.4 is 10.6 Å². The van der Waals surface area contributed by atoms with Crippen LogP contribution in [0.4, 0.5) is 5.00 Å². The van der Waals surface area contributed by atoms with Gasteiger partial charge in [-0.25, -0.2) is 4.79 Å². The molecule has 1 aromatic rings. The molecule has 8 heteroatoms. The van der Waals surface area contributed by atoms with E-state index in [-0.39, 0.29) is 13.2 Å². The quantitative estimate of drug-likeness (QED) is 0.534. The first-order valence-corrected chi connectivity index (χ1v) is 8.37. The van der Waals surface area contributed by atoms with Crippen molar-refractivity contribution in [1.29, 1.82) is 0 Å². The molecular formula is C15H20N2O5S. The molecule has 0 radical (unpaired) electrons. The molecular weight excluding hydrogens is 320 g/mol. The lowest BCUT2D eigenvalue weighted by Gasteiger charge is -2.11. The van der Waals surface area contributed by atoms with Gasteiger partial charge in [0.1, 0.15) is 5.00 Å². The Morgan fingerprint density at radius 2 is 2.09 bits per heavy atom. The highest BCUT2D eigenvalue weighted by atomic mass is 32.1. The fraction of sp³-hybridized carbons (Fsp3) is 0.533. The smallest absolute Gasteiger partial charge is 0.341 e. The maximum absolute atomic E-state index is 12.2. The number of aliphatic hydroxyl groups is 1. The summed E-state index contributed by atoms with van der Waals surface area (Å²) in [5.74, 6) is -1.91. The molecule has 0 bridgehead atoms. The van der Waals surface area contributed by atoms with Crippen LogP contribution in [0.15, 0.2) is 5.38 Å². The minimum absolute atomic E-state index is 0.237. The van der Waals surface area contributed by atoms with Gasteiger partial charge in [0.15, 0.2) is 0 Å². The van der Waals surface area contributed by atoms with Crippen molar-refractivity contribution in [2.45, 2.75) is 38.6 Å². The van der Waals surface area contributed by atoms with E-state index in [9.17, 15) is 14.4 Å². The first kappa shape index (κ1) is 17.4. The van der Waals surface area contributed by atoms with Crippen molar-refractivity contribution in [2.75, 3.05) is 18.5 Å². The topological polar surface area (TPSA) is 105 Å². The highest BCUT2D eigenvalue weighted by Gasteiger charge is 2.32. The predicted octanol–water partition coefficient (Wildman–Crippen LogP) is 1.24. The Morgan fingerprint density at radius 1 is 1.39 bits per heavy atom. The van der Waals surface area contributed by atoms with Crippen molar-refractivity contribution in [3.8, 4) is 0 Å². The molecule has 126 valence electrons. The van der Waals surface area contributed by atoms with Gasteiger partial charge >= 0.3 is 17.8 Å². The number of nitrogens with one attached hydrogen (secondary N) is 2. The van der Waals surface area contributed by atoms with Gasteiger partial charge in [-0.15, -0.1) is 11.3 Å². The van der Waals surface area contributed by atoms with E-state index in [1.54, 1.807) is 13.8 Å². The predicted molar refractivity (Wildman–Crippen MR) is 85.6 cm³/mol. The third-order valence-corrected chi connectivity index (χ3v) is 4.31. The van der Waals surface area contributed by atoms with Crippen LogP contribution in [0, 0.1) is 0 Å². The molecule has 23 heavy (non-hydrogen) atoms. The summed E-state index contributed by atoms with van der Waals surface area (Å²) in [5, 5.41) is 15.9. The van der Waals surface area contributed by atoms with E-state index in [1.807, 2.05) is 5.38 Å². The average molecular weight is 340 g/mol. The molecule has 1 aliphatic carbocycles. The zero-order valence-corrected chi connectivity index (χ0v) is 13.9. The van der Waals surface area contributed by atoms with Gasteiger partial charge < -0.3 is 20.5 Å². The number of carbonyl (C=O) groups is 3. The minimum atomic E-state index is -0.875. The number of hydrogen-bond donors (Lipinski definition) is 3. The summed E-state index contributed by atoms with van der Waals surface area (Å²) in [4.78, 5) is 35.8. The van der Waals surface area contributed by atoms with Crippen LogP contribution in [0.1, 0.15) is 48.5 Å². The molecule has 7 nitrogen and oxygen atoms in total. The Kier molecular flexibility index (Phi) is 5.73. The maximum Gasteiger partial charge on any atom is 0.341 e. The summed E-state index contributed by atoms with van der Waals surface area (Å²) in [7, 11) is 0. The number of anilines is 1. The number of esters is 1. The summed E-state index contributed by atoms with van der Waals surface area (Å²) in [6.45, 7) is 3.26. The molecule has 1 aromatic heterocycles. The van der Waals surface area contributed by atoms with E-state index < -0.39 is 23.8 Å². The van der Waals surface area contributed by atoms with Crippen molar-refractivity contribution in [1.82, 2.24) is 5.32 Å². The summed E-state index contributed by atoms with van der Waals surface area (Å²) in [6.07, 6.45) is 2.01. The van der Waals surface area contributed by atoms with E-state index in [4.69, 9.17) is 9.84 Å². The number of aliphatic hydroxyl groups excluding tert-OH is 1. The zero-order valence-electron chi connectivity index (χ0n) is 13.0. The molecule has 3 N–H and O–H groups in total. The van der Waals surface area contributed by atoms with Crippen LogP contribution in [-0.4, -0.2) is 42.1 Å². The Labute approximate surface area is 138 Å². The van der Waals surface area contributed by atoms with Gasteiger partial charge in [-0.05, 0) is 43.6 Å². The van der Waals surface area contributed by atoms with Gasteiger partial charge in [-0.1, -0.05) is 0 Å². The molecule has 1 aliphatic rings. The van der Waals surface area contributed by atoms with Crippen LogP contribution in [0.3, 0.4) is 0 Å². The highest BCUT2D eigenvalue weighted by molar-refractivity contribution is 7.15. The van der Waals surface area contributed by atoms with Crippen LogP contribution in [-0.2, 0) is 14.3 Å². The molecule has 0 spiro atoms. The first-order chi connectivity index (χ1) is 11.0. The van der Waals surface area contributed by atoms with Gasteiger partial charge in [0, 0.05) is 6.04 Å². The molecule has 1 fully saturated rings. The van der Waals surface area contributed by atoms with E-state index in [0.29, 0.717) is 16.5 Å². The first-order valence-electron chi connectivity index (χ1n) is 7.49. The Balaban J connectivity index is 2.14. The largest absolute Gasteiger partial charge is 0.462 e. The normalized spacial score (nSPS) is 14.9. The standard InChI is InChI=1S/C15H20N2O5S/c1-3-22-15(21)11-10(9-4-5-9)7-23-14(11)17-13(20)12(19)16-8(2)6-18/h7-9,18H,3-6H2,1-2H3,(H,16,19)(H,17,20)/t8-/m0/s1. The Bertz CT molecular complexity index is 609. The molecule has 0 aromatic carbocycles. The number of thiophene rings is 1. The molecule has 2 amide bonds. The fourth-order valence-corrected chi connectivity index (χ4v) is 3.09. The fourth-order valence-electron chi connectivity index (χ4n) is 2.07. The van der Waals surface area contributed by atoms with E-state index in [2.05, 4.69) is 10.6 Å². The highest BCUT2D eigenvalue weighted by Crippen LogP contribution is 2.46. The second kappa shape index (κ2) is 7.56. The van der Waals surface area contributed by atoms with E-state index in [0.717, 1.165) is 18.4 Å². The monoisotopic (exact) mass is 340 g/mol. The zero-order chi connectivity index (χ0) is 17.0. The van der Waals surface area contributed by atoms with Gasteiger partial charge in [-0.3, -0.25) is 9.59 Å². The number of ether oxygens (including phenoxy) is 1. The van der Waals surface area contributed by atoms with Gasteiger partial charge in [0.2, 0.25) is 0 Å². The van der Waals surface area contributed by atoms with E-state index >= 15 is 0 Å². The van der Waals surface area contributed by atoms with Crippen LogP contribution in [0.2, 0.25) is 0 Å². The van der Waals surface area contributed by atoms with Gasteiger partial charge in [0.25, 0.3) is 0 Å². The molecule has 0 unspecified atom stereocenters. The lowest BCUT2D eigenvalue weighted by Crippen LogP contribution is -2.42. The van der Waals surface area contributed by atoms with Crippen LogP contribution >= 0.6 is 11.3 Å². The number of rotatable bonds is 6. The second-order valence-electron chi connectivity index (χ2n) is 5.40. The van der Waals surface area contributed by atoms with Crippen LogP contribution in [0.5, 0.6) is 0 Å². The summed E-state index contributed by atoms with van der Waals surface area (Å²) < 4.78 is 5.05. The summed E-state index contributed by atoms with van der Waals surface area (Å²) >= 11 is 1.21. The average Bonchev–Trinajstić information content (AvgIpc) is 3.28. The van der Waals surface area contributed by atoms with Crippen molar-refractivity contribution >= 4 is 34.1 Å². The minimum Gasteiger partial charge on any atom is -0.462 e. The summed E-state index contributed by atoms with van der Waals surface area (Å²) in [6, 6.07) is -0.525. The molecule has 1 heterocycles. The molecule has 0 aliphatic heterocycles. The third-order valence-electron chi connectivity index (χ3n) is 3.40. The lowest BCUT2D eigenvalue weighted by molar-refractivity contribution is -0.136. The maximum atomic E-state index is 12.2. The lowest BCUT2D eigenvalue weighted by atomic mass is 10.1. The van der Waals surface area contributed by atoms with Crippen molar-refractivity contribution in [2.24, 2.45) is 0 Å². The van der Waals surface area contributed by atoms with Crippen molar-refractivity contribution in [3.63, 3.8) is 0 Å². The number of hydrogen-bond acceptors (Lipinski definition) is 6. The molecule has 1 saturated carbocycles. The SMILES string of the molecule is CCOC(=O)c1c(C2CC2)csc1NC(=O)C(=O)N[C@@H](C)CO. The third kappa shape index (κ3) is 4.29. The second-order valence-corrected chi connectivity index (χ2v) is 6.28. The summed E-state index contributed by atoms with van der Waals surface area (Å²) in [5.41, 5.74) is 1.21. The van der Waals surface area contributed by atoms with Gasteiger partial charge in [0.05, 0.1) is 18.8 Å².